The number of anilines is 1. The fraction of sp³-hybridized carbons (Fsp3) is 0.176. The largest absolute Gasteiger partial charge is 0.484 e. The highest BCUT2D eigenvalue weighted by molar-refractivity contribution is 5.93. The number of amides is 1. The number of aryl methyl sites for hydroxylation is 2. The number of nitrogens with one attached hydrogen (secondary N) is 2. The molecule has 0 saturated carbocycles. The first kappa shape index (κ1) is 14.1. The molecule has 2 N–H and O–H groups in total. The molecule has 0 aliphatic carbocycles. The lowest BCUT2D eigenvalue weighted by Gasteiger charge is -2.08. The fourth-order valence-corrected chi connectivity index (χ4v) is 2.32. The van der Waals surface area contributed by atoms with E-state index in [1.807, 2.05) is 56.3 Å². The zero-order valence-corrected chi connectivity index (χ0v) is 12.5. The summed E-state index contributed by atoms with van der Waals surface area (Å²) in [5, 5.41) is 11.9. The lowest BCUT2D eigenvalue weighted by atomic mass is 10.1. The zero-order chi connectivity index (χ0) is 15.5. The first-order valence-electron chi connectivity index (χ1n) is 7.06. The van der Waals surface area contributed by atoms with Gasteiger partial charge in [-0.25, -0.2) is 0 Å². The summed E-state index contributed by atoms with van der Waals surface area (Å²) in [4.78, 5) is 12.0. The smallest absolute Gasteiger partial charge is 0.262 e. The molecule has 5 nitrogen and oxygen atoms in total. The molecule has 22 heavy (non-hydrogen) atoms. The first-order valence-corrected chi connectivity index (χ1v) is 7.06. The van der Waals surface area contributed by atoms with Gasteiger partial charge in [-0.2, -0.15) is 5.10 Å². The van der Waals surface area contributed by atoms with Crippen molar-refractivity contribution in [2.24, 2.45) is 0 Å². The van der Waals surface area contributed by atoms with Crippen LogP contribution in [0.3, 0.4) is 0 Å². The van der Waals surface area contributed by atoms with Crippen molar-refractivity contribution in [2.75, 3.05) is 11.9 Å². The Labute approximate surface area is 128 Å². The number of hydrogen-bond donors (Lipinski definition) is 2. The molecule has 112 valence electrons. The van der Waals surface area contributed by atoms with E-state index in [0.717, 1.165) is 22.2 Å². The fourth-order valence-electron chi connectivity index (χ4n) is 2.32. The molecule has 2 aromatic carbocycles. The van der Waals surface area contributed by atoms with Crippen LogP contribution >= 0.6 is 0 Å². The minimum absolute atomic E-state index is 0.0393. The molecule has 0 aliphatic rings. The van der Waals surface area contributed by atoms with E-state index in [9.17, 15) is 4.79 Å². The van der Waals surface area contributed by atoms with Crippen LogP contribution in [0.15, 0.2) is 42.5 Å². The molecule has 1 amide bonds. The molecule has 0 unspecified atom stereocenters. The summed E-state index contributed by atoms with van der Waals surface area (Å²) in [6.07, 6.45) is 0. The molecular formula is C17H17N3O2. The molecule has 0 radical (unpaired) electrons. The molecule has 3 rings (SSSR count). The van der Waals surface area contributed by atoms with Gasteiger partial charge in [0.2, 0.25) is 0 Å². The lowest BCUT2D eigenvalue weighted by molar-refractivity contribution is -0.118. The third kappa shape index (κ3) is 2.93. The van der Waals surface area contributed by atoms with Gasteiger partial charge in [0.05, 0.1) is 17.1 Å². The van der Waals surface area contributed by atoms with Gasteiger partial charge in [0.25, 0.3) is 5.91 Å². The molecule has 0 bridgehead atoms. The van der Waals surface area contributed by atoms with Crippen molar-refractivity contribution < 1.29 is 9.53 Å². The lowest BCUT2D eigenvalue weighted by Crippen LogP contribution is -2.20. The maximum absolute atomic E-state index is 12.0. The topological polar surface area (TPSA) is 67.0 Å². The highest BCUT2D eigenvalue weighted by atomic mass is 16.5. The van der Waals surface area contributed by atoms with Crippen LogP contribution in [0.2, 0.25) is 0 Å². The third-order valence-corrected chi connectivity index (χ3v) is 3.48. The van der Waals surface area contributed by atoms with Gasteiger partial charge in [-0.15, -0.1) is 0 Å². The van der Waals surface area contributed by atoms with E-state index in [0.29, 0.717) is 11.4 Å². The summed E-state index contributed by atoms with van der Waals surface area (Å²) in [7, 11) is 0. The monoisotopic (exact) mass is 295 g/mol. The minimum atomic E-state index is -0.208. The summed E-state index contributed by atoms with van der Waals surface area (Å²) in [6, 6.07) is 13.8. The highest BCUT2D eigenvalue weighted by Gasteiger charge is 2.10. The van der Waals surface area contributed by atoms with Crippen molar-refractivity contribution in [3.63, 3.8) is 0 Å². The second kappa shape index (κ2) is 5.89. The van der Waals surface area contributed by atoms with Crippen molar-refractivity contribution in [3.05, 3.63) is 53.9 Å². The normalized spacial score (nSPS) is 10.6. The molecule has 1 aromatic heterocycles. The van der Waals surface area contributed by atoms with Gasteiger partial charge < -0.3 is 10.1 Å². The number of H-pyrrole nitrogens is 1. The number of aromatic amines is 1. The van der Waals surface area contributed by atoms with Crippen LogP contribution in [0.5, 0.6) is 5.75 Å². The van der Waals surface area contributed by atoms with E-state index in [2.05, 4.69) is 15.5 Å². The SMILES string of the molecule is Cc1n[nH]c(C)c1NC(=O)COc1ccc2ccccc2c1. The minimum Gasteiger partial charge on any atom is -0.484 e. The molecule has 0 aliphatic heterocycles. The van der Waals surface area contributed by atoms with Crippen molar-refractivity contribution in [1.29, 1.82) is 0 Å². The number of rotatable bonds is 4. The van der Waals surface area contributed by atoms with Crippen molar-refractivity contribution in [3.8, 4) is 5.75 Å². The number of ether oxygens (including phenoxy) is 1. The molecule has 0 atom stereocenters. The van der Waals surface area contributed by atoms with Gasteiger partial charge in [0.15, 0.2) is 6.61 Å². The van der Waals surface area contributed by atoms with Gasteiger partial charge >= 0.3 is 0 Å². The van der Waals surface area contributed by atoms with Crippen LogP contribution < -0.4 is 10.1 Å². The summed E-state index contributed by atoms with van der Waals surface area (Å²) in [5.41, 5.74) is 2.31. The van der Waals surface area contributed by atoms with Gasteiger partial charge in [-0.3, -0.25) is 9.89 Å². The van der Waals surface area contributed by atoms with E-state index < -0.39 is 0 Å². The van der Waals surface area contributed by atoms with Crippen LogP contribution in [-0.4, -0.2) is 22.7 Å². The number of nitrogens with zero attached hydrogens (tertiary/aromatic N) is 1. The average Bonchev–Trinajstić information content (AvgIpc) is 2.84. The van der Waals surface area contributed by atoms with Crippen LogP contribution in [0, 0.1) is 13.8 Å². The Morgan fingerprint density at radius 1 is 1.18 bits per heavy atom. The quantitative estimate of drug-likeness (QED) is 0.776. The Bertz CT molecular complexity index is 804. The molecule has 1 heterocycles. The summed E-state index contributed by atoms with van der Waals surface area (Å²) in [5.74, 6) is 0.468. The number of benzene rings is 2. The second-order valence-electron chi connectivity index (χ2n) is 5.15. The van der Waals surface area contributed by atoms with Crippen molar-refractivity contribution in [1.82, 2.24) is 10.2 Å². The zero-order valence-electron chi connectivity index (χ0n) is 12.5. The number of carbonyl (C=O) groups excluding carboxylic acids is 1. The van der Waals surface area contributed by atoms with Gasteiger partial charge in [0, 0.05) is 0 Å². The Morgan fingerprint density at radius 2 is 1.95 bits per heavy atom. The number of aromatic nitrogens is 2. The molecule has 0 spiro atoms. The average molecular weight is 295 g/mol. The van der Waals surface area contributed by atoms with E-state index in [4.69, 9.17) is 4.74 Å². The van der Waals surface area contributed by atoms with Crippen LogP contribution in [0.25, 0.3) is 10.8 Å². The predicted octanol–water partition coefficient (Wildman–Crippen LogP) is 3.20. The Hall–Kier alpha value is -2.82. The second-order valence-corrected chi connectivity index (χ2v) is 5.15. The van der Waals surface area contributed by atoms with E-state index in [1.54, 1.807) is 0 Å². The highest BCUT2D eigenvalue weighted by Crippen LogP contribution is 2.21. The van der Waals surface area contributed by atoms with Crippen molar-refractivity contribution >= 4 is 22.4 Å². The van der Waals surface area contributed by atoms with Crippen LogP contribution in [0.1, 0.15) is 11.4 Å². The Morgan fingerprint density at radius 3 is 2.68 bits per heavy atom. The molecule has 0 fully saturated rings. The molecular weight excluding hydrogens is 278 g/mol. The summed E-state index contributed by atoms with van der Waals surface area (Å²) >= 11 is 0. The molecule has 3 aromatic rings. The summed E-state index contributed by atoms with van der Waals surface area (Å²) < 4.78 is 5.56. The van der Waals surface area contributed by atoms with Gasteiger partial charge in [-0.05, 0) is 36.8 Å². The standard InChI is InChI=1S/C17H17N3O2/c1-11-17(12(2)20-19-11)18-16(21)10-22-15-8-7-13-5-3-4-6-14(13)9-15/h3-9H,10H2,1-2H3,(H,18,21)(H,19,20). The number of fused-ring (bicyclic) bond motifs is 1. The molecule has 5 heteroatoms. The Kier molecular flexibility index (Phi) is 3.78. The third-order valence-electron chi connectivity index (χ3n) is 3.48. The maximum atomic E-state index is 12.0. The van der Waals surface area contributed by atoms with E-state index in [1.165, 1.54) is 0 Å². The number of hydrogen-bond acceptors (Lipinski definition) is 3. The van der Waals surface area contributed by atoms with E-state index >= 15 is 0 Å². The van der Waals surface area contributed by atoms with Gasteiger partial charge in [0.1, 0.15) is 5.75 Å². The van der Waals surface area contributed by atoms with E-state index in [-0.39, 0.29) is 12.5 Å². The maximum Gasteiger partial charge on any atom is 0.262 e. The van der Waals surface area contributed by atoms with Gasteiger partial charge in [-0.1, -0.05) is 30.3 Å². The van der Waals surface area contributed by atoms with Crippen molar-refractivity contribution in [2.45, 2.75) is 13.8 Å². The van der Waals surface area contributed by atoms with Crippen LogP contribution in [-0.2, 0) is 4.79 Å². The first-order chi connectivity index (χ1) is 10.6. The van der Waals surface area contributed by atoms with Crippen LogP contribution in [0.4, 0.5) is 5.69 Å². The molecule has 0 saturated heterocycles. The Balaban J connectivity index is 1.65. The number of carbonyl (C=O) groups is 1. The predicted molar refractivity (Wildman–Crippen MR) is 86.1 cm³/mol. The summed E-state index contributed by atoms with van der Waals surface area (Å²) in [6.45, 7) is 3.66.